The van der Waals surface area contributed by atoms with Crippen LogP contribution < -0.4 is 15.4 Å². The zero-order valence-corrected chi connectivity index (χ0v) is 15.6. The molecule has 7 nitrogen and oxygen atoms in total. The number of aromatic nitrogens is 2. The lowest BCUT2D eigenvalue weighted by atomic mass is 10.0. The van der Waals surface area contributed by atoms with Gasteiger partial charge in [-0.2, -0.15) is 0 Å². The fraction of sp³-hybridized carbons (Fsp3) is 0.150. The zero-order chi connectivity index (χ0) is 19.7. The molecule has 1 aromatic heterocycles. The summed E-state index contributed by atoms with van der Waals surface area (Å²) in [6.07, 6.45) is 1.28. The van der Waals surface area contributed by atoms with Gasteiger partial charge in [0.1, 0.15) is 24.3 Å². The summed E-state index contributed by atoms with van der Waals surface area (Å²) in [5.41, 5.74) is 9.25. The Kier molecular flexibility index (Phi) is 4.85. The van der Waals surface area contributed by atoms with Crippen LogP contribution in [0.2, 0.25) is 5.02 Å². The fourth-order valence-corrected chi connectivity index (χ4v) is 3.43. The van der Waals surface area contributed by atoms with Crippen LogP contribution in [0.25, 0.3) is 11.1 Å². The number of nitrogens with two attached hydrogens (primary N) is 1. The van der Waals surface area contributed by atoms with Gasteiger partial charge < -0.3 is 20.5 Å². The number of carbonyl (C=O) groups excluding carboxylic acids is 1. The molecule has 0 unspecified atom stereocenters. The van der Waals surface area contributed by atoms with E-state index in [0.29, 0.717) is 23.9 Å². The first kappa shape index (κ1) is 18.2. The Morgan fingerprint density at radius 2 is 1.96 bits per heavy atom. The molecule has 142 valence electrons. The van der Waals surface area contributed by atoms with Crippen molar-refractivity contribution < 1.29 is 14.6 Å². The second kappa shape index (κ2) is 7.46. The molecule has 2 heterocycles. The summed E-state index contributed by atoms with van der Waals surface area (Å²) >= 11 is 6.33. The van der Waals surface area contributed by atoms with Crippen molar-refractivity contribution in [3.8, 4) is 17.0 Å². The van der Waals surface area contributed by atoms with Gasteiger partial charge in [0.25, 0.3) is 5.91 Å². The van der Waals surface area contributed by atoms with E-state index in [1.165, 1.54) is 6.33 Å². The number of nitrogen functional groups attached to an aromatic ring is 1. The molecule has 0 saturated carbocycles. The quantitative estimate of drug-likeness (QED) is 0.705. The third-order valence-corrected chi connectivity index (χ3v) is 4.87. The van der Waals surface area contributed by atoms with Crippen molar-refractivity contribution in [3.05, 3.63) is 64.9 Å². The maximum atomic E-state index is 13.0. The monoisotopic (exact) mass is 396 g/mol. The number of aliphatic hydroxyl groups is 1. The van der Waals surface area contributed by atoms with Crippen LogP contribution in [0.1, 0.15) is 15.9 Å². The number of aliphatic hydroxyl groups excluding tert-OH is 1. The predicted molar refractivity (Wildman–Crippen MR) is 106 cm³/mol. The maximum absolute atomic E-state index is 13.0. The average molecular weight is 397 g/mol. The third kappa shape index (κ3) is 3.26. The number of benzene rings is 2. The van der Waals surface area contributed by atoms with Crippen LogP contribution in [0, 0.1) is 0 Å². The number of ether oxygens (including phenoxy) is 1. The topological polar surface area (TPSA) is 102 Å². The summed E-state index contributed by atoms with van der Waals surface area (Å²) in [5, 5.41) is 9.77. The highest BCUT2D eigenvalue weighted by atomic mass is 35.5. The van der Waals surface area contributed by atoms with Gasteiger partial charge in [-0.15, -0.1) is 0 Å². The number of hydrogen-bond donors (Lipinski definition) is 2. The minimum Gasteiger partial charge on any atom is -0.475 e. The Morgan fingerprint density at radius 3 is 2.68 bits per heavy atom. The molecule has 0 fully saturated rings. The minimum absolute atomic E-state index is 0.0631. The Labute approximate surface area is 166 Å². The normalized spacial score (nSPS) is 13.6. The summed E-state index contributed by atoms with van der Waals surface area (Å²) in [5.74, 6) is -0.00895. The largest absolute Gasteiger partial charge is 0.475 e. The Bertz CT molecular complexity index is 1040. The zero-order valence-electron chi connectivity index (χ0n) is 14.8. The van der Waals surface area contributed by atoms with Gasteiger partial charge >= 0.3 is 0 Å². The first-order valence-corrected chi connectivity index (χ1v) is 9.01. The smallest absolute Gasteiger partial charge is 0.267 e. The number of hydrogen-bond acceptors (Lipinski definition) is 6. The van der Waals surface area contributed by atoms with Crippen LogP contribution in [0.4, 0.5) is 11.5 Å². The van der Waals surface area contributed by atoms with E-state index in [4.69, 9.17) is 22.1 Å². The molecule has 0 atom stereocenters. The van der Waals surface area contributed by atoms with Crippen LogP contribution >= 0.6 is 11.6 Å². The molecule has 8 heteroatoms. The van der Waals surface area contributed by atoms with Crippen molar-refractivity contribution in [1.82, 2.24) is 9.97 Å². The Hall–Kier alpha value is -3.16. The number of nitrogens with zero attached hydrogens (tertiary/aromatic N) is 3. The van der Waals surface area contributed by atoms with Gasteiger partial charge in [-0.25, -0.2) is 9.97 Å². The number of carbonyl (C=O) groups is 1. The summed E-state index contributed by atoms with van der Waals surface area (Å²) in [4.78, 5) is 22.5. The van der Waals surface area contributed by atoms with Crippen LogP contribution in [0.3, 0.4) is 0 Å². The molecule has 0 bridgehead atoms. The Morgan fingerprint density at radius 1 is 1.18 bits per heavy atom. The van der Waals surface area contributed by atoms with Crippen molar-refractivity contribution in [1.29, 1.82) is 0 Å². The number of anilines is 2. The van der Waals surface area contributed by atoms with Gasteiger partial charge in [0.2, 0.25) is 5.88 Å². The minimum atomic E-state index is -0.302. The number of fused-ring (bicyclic) bond motifs is 1. The highest BCUT2D eigenvalue weighted by molar-refractivity contribution is 6.33. The lowest BCUT2D eigenvalue weighted by Crippen LogP contribution is -2.32. The second-order valence-electron chi connectivity index (χ2n) is 6.26. The SMILES string of the molecule is Nc1ncnc2c1C(=O)N(c1ccc(-c3ccc(CO)cc3Cl)cc1)CCO2. The number of rotatable bonds is 3. The fourth-order valence-electron chi connectivity index (χ4n) is 3.12. The molecule has 0 aliphatic carbocycles. The van der Waals surface area contributed by atoms with Gasteiger partial charge in [0.05, 0.1) is 13.2 Å². The summed E-state index contributed by atoms with van der Waals surface area (Å²) in [7, 11) is 0. The van der Waals surface area contributed by atoms with Gasteiger partial charge in [0, 0.05) is 16.3 Å². The molecule has 3 aromatic rings. The molecule has 0 spiro atoms. The molecule has 1 aliphatic heterocycles. The van der Waals surface area contributed by atoms with E-state index in [1.54, 1.807) is 11.0 Å². The van der Waals surface area contributed by atoms with Gasteiger partial charge in [-0.3, -0.25) is 4.79 Å². The van der Waals surface area contributed by atoms with Crippen molar-refractivity contribution in [2.24, 2.45) is 0 Å². The summed E-state index contributed by atoms with van der Waals surface area (Å²) in [6.45, 7) is 0.595. The van der Waals surface area contributed by atoms with Crippen molar-refractivity contribution >= 4 is 29.0 Å². The van der Waals surface area contributed by atoms with Crippen LogP contribution in [-0.4, -0.2) is 34.1 Å². The van der Waals surface area contributed by atoms with E-state index in [0.717, 1.165) is 16.7 Å². The van der Waals surface area contributed by atoms with E-state index in [2.05, 4.69) is 9.97 Å². The van der Waals surface area contributed by atoms with Gasteiger partial charge in [0.15, 0.2) is 0 Å². The van der Waals surface area contributed by atoms with E-state index in [-0.39, 0.29) is 29.8 Å². The molecule has 1 amide bonds. The molecule has 1 aliphatic rings. The molecular formula is C20H17ClN4O3. The van der Waals surface area contributed by atoms with Crippen LogP contribution in [0.15, 0.2) is 48.8 Å². The molecule has 3 N–H and O–H groups in total. The standard InChI is InChI=1S/C20H17ClN4O3/c21-16-9-12(10-26)1-6-15(16)13-2-4-14(5-3-13)25-7-8-28-19-17(20(25)27)18(22)23-11-24-19/h1-6,9,11,26H,7-8,10H2,(H2,22,23,24). The van der Waals surface area contributed by atoms with E-state index >= 15 is 0 Å². The number of amides is 1. The maximum Gasteiger partial charge on any atom is 0.267 e. The number of halogens is 1. The molecule has 0 radical (unpaired) electrons. The molecule has 2 aromatic carbocycles. The highest BCUT2D eigenvalue weighted by Gasteiger charge is 2.28. The second-order valence-corrected chi connectivity index (χ2v) is 6.67. The van der Waals surface area contributed by atoms with Crippen molar-refractivity contribution in [2.75, 3.05) is 23.8 Å². The molecule has 28 heavy (non-hydrogen) atoms. The van der Waals surface area contributed by atoms with Crippen molar-refractivity contribution in [3.63, 3.8) is 0 Å². The molecule has 0 saturated heterocycles. The average Bonchev–Trinajstić information content (AvgIpc) is 2.88. The first-order chi connectivity index (χ1) is 13.6. The first-order valence-electron chi connectivity index (χ1n) is 8.63. The third-order valence-electron chi connectivity index (χ3n) is 4.56. The lowest BCUT2D eigenvalue weighted by Gasteiger charge is -2.20. The van der Waals surface area contributed by atoms with Gasteiger partial charge in [-0.1, -0.05) is 35.9 Å². The van der Waals surface area contributed by atoms with E-state index in [9.17, 15) is 9.90 Å². The predicted octanol–water partition coefficient (Wildman–Crippen LogP) is 2.91. The summed E-state index contributed by atoms with van der Waals surface area (Å²) < 4.78 is 5.55. The molecular weight excluding hydrogens is 380 g/mol. The van der Waals surface area contributed by atoms with E-state index in [1.807, 2.05) is 36.4 Å². The summed E-state index contributed by atoms with van der Waals surface area (Å²) in [6, 6.07) is 12.9. The van der Waals surface area contributed by atoms with Gasteiger partial charge in [-0.05, 0) is 29.3 Å². The van der Waals surface area contributed by atoms with Crippen LogP contribution in [-0.2, 0) is 6.61 Å². The molecule has 4 rings (SSSR count). The Balaban J connectivity index is 1.66. The highest BCUT2D eigenvalue weighted by Crippen LogP contribution is 2.32. The van der Waals surface area contributed by atoms with Crippen molar-refractivity contribution in [2.45, 2.75) is 6.61 Å². The lowest BCUT2D eigenvalue weighted by molar-refractivity contribution is 0.0990. The van der Waals surface area contributed by atoms with Crippen LogP contribution in [0.5, 0.6) is 5.88 Å². The van der Waals surface area contributed by atoms with E-state index < -0.39 is 0 Å².